The van der Waals surface area contributed by atoms with Crippen molar-refractivity contribution in [1.82, 2.24) is 4.31 Å². The number of sulfonamides is 1. The van der Waals surface area contributed by atoms with Gasteiger partial charge < -0.3 is 9.47 Å². The molecular weight excluding hydrogens is 333 g/mol. The second-order valence-corrected chi connectivity index (χ2v) is 7.97. The predicted octanol–water partition coefficient (Wildman–Crippen LogP) is 2.20. The Morgan fingerprint density at radius 2 is 2.17 bits per heavy atom. The molecule has 1 aromatic rings. The molecular formula is C17H22FNO4S. The number of hydrogen-bond donors (Lipinski definition) is 0. The van der Waals surface area contributed by atoms with E-state index in [9.17, 15) is 12.8 Å². The van der Waals surface area contributed by atoms with Crippen LogP contribution in [0.5, 0.6) is 0 Å². The smallest absolute Gasteiger partial charge is 0.246 e. The maximum absolute atomic E-state index is 14.0. The van der Waals surface area contributed by atoms with Gasteiger partial charge in [0, 0.05) is 12.5 Å². The number of morpholine rings is 1. The first-order valence-corrected chi connectivity index (χ1v) is 9.56. The van der Waals surface area contributed by atoms with Crippen molar-refractivity contribution >= 4 is 10.0 Å². The second kappa shape index (κ2) is 7.31. The Morgan fingerprint density at radius 3 is 2.92 bits per heavy atom. The predicted molar refractivity (Wildman–Crippen MR) is 87.6 cm³/mol. The average molecular weight is 355 g/mol. The monoisotopic (exact) mass is 355 g/mol. The average Bonchev–Trinajstić information content (AvgIpc) is 2.98. The van der Waals surface area contributed by atoms with Crippen molar-refractivity contribution < 1.29 is 22.3 Å². The maximum Gasteiger partial charge on any atom is 0.246 e. The number of hydrogen-bond acceptors (Lipinski definition) is 4. The summed E-state index contributed by atoms with van der Waals surface area (Å²) in [5.41, 5.74) is 0. The Balaban J connectivity index is 1.80. The largest absolute Gasteiger partial charge is 0.377 e. The first kappa shape index (κ1) is 17.5. The molecule has 0 spiro atoms. The van der Waals surface area contributed by atoms with Gasteiger partial charge >= 0.3 is 0 Å². The van der Waals surface area contributed by atoms with Gasteiger partial charge in [-0.05, 0) is 25.0 Å². The number of nitrogens with zero attached hydrogens (tertiary/aromatic N) is 1. The highest BCUT2D eigenvalue weighted by Gasteiger charge is 2.47. The first-order valence-electron chi connectivity index (χ1n) is 8.12. The SMILES string of the molecule is C=CCOC[C@@H]1CC[C@@H]2[C@H]1OCCN2S(=O)(=O)c1ccccc1F. The Labute approximate surface area is 142 Å². The lowest BCUT2D eigenvalue weighted by molar-refractivity contribution is -0.0606. The lowest BCUT2D eigenvalue weighted by Gasteiger charge is -2.38. The minimum Gasteiger partial charge on any atom is -0.377 e. The van der Waals surface area contributed by atoms with Gasteiger partial charge in [-0.1, -0.05) is 18.2 Å². The van der Waals surface area contributed by atoms with Crippen molar-refractivity contribution in [3.8, 4) is 0 Å². The summed E-state index contributed by atoms with van der Waals surface area (Å²) in [7, 11) is -3.87. The Hall–Kier alpha value is -1.28. The van der Waals surface area contributed by atoms with E-state index >= 15 is 0 Å². The Kier molecular flexibility index (Phi) is 5.34. The molecule has 1 aromatic carbocycles. The Bertz CT molecular complexity index is 694. The zero-order valence-electron chi connectivity index (χ0n) is 13.4. The highest BCUT2D eigenvalue weighted by Crippen LogP contribution is 2.37. The summed E-state index contributed by atoms with van der Waals surface area (Å²) >= 11 is 0. The van der Waals surface area contributed by atoms with Crippen LogP contribution in [-0.2, 0) is 19.5 Å². The molecule has 0 bridgehead atoms. The fourth-order valence-electron chi connectivity index (χ4n) is 3.59. The van der Waals surface area contributed by atoms with Crippen LogP contribution in [0, 0.1) is 11.7 Å². The molecule has 2 fully saturated rings. The minimum absolute atomic E-state index is 0.147. The molecule has 132 valence electrons. The molecule has 0 N–H and O–H groups in total. The molecule has 0 amide bonds. The van der Waals surface area contributed by atoms with Crippen LogP contribution in [0.2, 0.25) is 0 Å². The third kappa shape index (κ3) is 3.26. The third-order valence-corrected chi connectivity index (χ3v) is 6.62. The summed E-state index contributed by atoms with van der Waals surface area (Å²) in [5.74, 6) is -0.571. The number of ether oxygens (including phenoxy) is 2. The highest BCUT2D eigenvalue weighted by atomic mass is 32.2. The van der Waals surface area contributed by atoms with E-state index < -0.39 is 15.8 Å². The van der Waals surface area contributed by atoms with E-state index in [1.54, 1.807) is 6.08 Å². The van der Waals surface area contributed by atoms with E-state index in [1.807, 2.05) is 0 Å². The molecule has 2 aliphatic rings. The maximum atomic E-state index is 14.0. The van der Waals surface area contributed by atoms with Crippen LogP contribution in [-0.4, -0.2) is 51.2 Å². The van der Waals surface area contributed by atoms with Gasteiger partial charge in [0.2, 0.25) is 10.0 Å². The van der Waals surface area contributed by atoms with Gasteiger partial charge in [-0.25, -0.2) is 12.8 Å². The van der Waals surface area contributed by atoms with Crippen LogP contribution >= 0.6 is 0 Å². The summed E-state index contributed by atoms with van der Waals surface area (Å²) in [6.45, 7) is 5.15. The van der Waals surface area contributed by atoms with Crippen molar-refractivity contribution in [1.29, 1.82) is 0 Å². The molecule has 1 aliphatic carbocycles. The summed E-state index contributed by atoms with van der Waals surface area (Å²) in [4.78, 5) is -0.267. The zero-order valence-corrected chi connectivity index (χ0v) is 14.3. The molecule has 1 aliphatic heterocycles. The number of fused-ring (bicyclic) bond motifs is 1. The Morgan fingerprint density at radius 1 is 1.38 bits per heavy atom. The van der Waals surface area contributed by atoms with Gasteiger partial charge in [-0.2, -0.15) is 4.31 Å². The standard InChI is InChI=1S/C17H22FNO4S/c1-2-10-22-12-13-7-8-15-17(13)23-11-9-19(15)24(20,21)16-6-4-3-5-14(16)18/h2-6,13,15,17H,1,7-12H2/t13-,15+,17-/m0/s1. The number of benzene rings is 1. The van der Waals surface area contributed by atoms with Gasteiger partial charge in [0.1, 0.15) is 10.7 Å². The van der Waals surface area contributed by atoms with Gasteiger partial charge in [-0.15, -0.1) is 6.58 Å². The van der Waals surface area contributed by atoms with Crippen molar-refractivity contribution in [3.05, 3.63) is 42.7 Å². The summed E-state index contributed by atoms with van der Waals surface area (Å²) in [5, 5.41) is 0. The molecule has 0 aromatic heterocycles. The molecule has 1 heterocycles. The molecule has 3 rings (SSSR count). The van der Waals surface area contributed by atoms with Crippen LogP contribution in [0.3, 0.4) is 0 Å². The number of rotatable bonds is 6. The normalized spacial score (nSPS) is 27.8. The molecule has 1 saturated carbocycles. The summed E-state index contributed by atoms with van der Waals surface area (Å²) < 4.78 is 52.6. The van der Waals surface area contributed by atoms with Crippen LogP contribution in [0.4, 0.5) is 4.39 Å². The molecule has 24 heavy (non-hydrogen) atoms. The van der Waals surface area contributed by atoms with Crippen LogP contribution in [0.25, 0.3) is 0 Å². The molecule has 0 radical (unpaired) electrons. The topological polar surface area (TPSA) is 55.8 Å². The second-order valence-electron chi connectivity index (χ2n) is 6.11. The zero-order chi connectivity index (χ0) is 17.2. The van der Waals surface area contributed by atoms with E-state index in [2.05, 4.69) is 6.58 Å². The van der Waals surface area contributed by atoms with Gasteiger partial charge in [0.25, 0.3) is 0 Å². The molecule has 3 atom stereocenters. The molecule has 0 unspecified atom stereocenters. The van der Waals surface area contributed by atoms with E-state index in [0.717, 1.165) is 6.42 Å². The van der Waals surface area contributed by atoms with E-state index in [-0.39, 0.29) is 29.5 Å². The quantitative estimate of drug-likeness (QED) is 0.580. The van der Waals surface area contributed by atoms with Crippen molar-refractivity contribution in [2.45, 2.75) is 29.9 Å². The summed E-state index contributed by atoms with van der Waals surface area (Å²) in [6, 6.07) is 5.24. The van der Waals surface area contributed by atoms with E-state index in [0.29, 0.717) is 26.2 Å². The highest BCUT2D eigenvalue weighted by molar-refractivity contribution is 7.89. The molecule has 1 saturated heterocycles. The lowest BCUT2D eigenvalue weighted by atomic mass is 10.1. The first-order chi connectivity index (χ1) is 11.6. The lowest BCUT2D eigenvalue weighted by Crippen LogP contribution is -2.53. The third-order valence-electron chi connectivity index (χ3n) is 4.66. The fourth-order valence-corrected chi connectivity index (χ4v) is 5.30. The van der Waals surface area contributed by atoms with Crippen LogP contribution in [0.1, 0.15) is 12.8 Å². The molecule has 7 heteroatoms. The van der Waals surface area contributed by atoms with E-state index in [1.165, 1.54) is 28.6 Å². The van der Waals surface area contributed by atoms with Crippen LogP contribution < -0.4 is 0 Å². The molecule has 5 nitrogen and oxygen atoms in total. The minimum atomic E-state index is -3.87. The van der Waals surface area contributed by atoms with Gasteiger partial charge in [-0.3, -0.25) is 0 Å². The van der Waals surface area contributed by atoms with Crippen molar-refractivity contribution in [3.63, 3.8) is 0 Å². The number of halogens is 1. The fraction of sp³-hybridized carbons (Fsp3) is 0.529. The summed E-state index contributed by atoms with van der Waals surface area (Å²) in [6.07, 6.45) is 3.00. The van der Waals surface area contributed by atoms with Crippen molar-refractivity contribution in [2.24, 2.45) is 5.92 Å². The van der Waals surface area contributed by atoms with E-state index in [4.69, 9.17) is 9.47 Å². The van der Waals surface area contributed by atoms with Gasteiger partial charge in [0.15, 0.2) is 0 Å². The van der Waals surface area contributed by atoms with Gasteiger partial charge in [0.05, 0.1) is 32.0 Å². The van der Waals surface area contributed by atoms with Crippen LogP contribution in [0.15, 0.2) is 41.8 Å². The van der Waals surface area contributed by atoms with Crippen molar-refractivity contribution in [2.75, 3.05) is 26.4 Å².